The lowest BCUT2D eigenvalue weighted by atomic mass is 10.1. The van der Waals surface area contributed by atoms with Crippen molar-refractivity contribution in [3.63, 3.8) is 0 Å². The normalized spacial score (nSPS) is 9.93. The zero-order valence-electron chi connectivity index (χ0n) is 8.13. The molecule has 0 aliphatic carbocycles. The van der Waals surface area contributed by atoms with E-state index < -0.39 is 0 Å². The predicted molar refractivity (Wildman–Crippen MR) is 57.0 cm³/mol. The van der Waals surface area contributed by atoms with E-state index in [0.717, 1.165) is 0 Å². The van der Waals surface area contributed by atoms with Gasteiger partial charge in [-0.2, -0.15) is 0 Å². The molecule has 1 aromatic carbocycles. The summed E-state index contributed by atoms with van der Waals surface area (Å²) >= 11 is 5.84. The summed E-state index contributed by atoms with van der Waals surface area (Å²) < 4.78 is 5.24. The molecule has 0 amide bonds. The van der Waals surface area contributed by atoms with Gasteiger partial charge in [-0.15, -0.1) is 0 Å². The van der Waals surface area contributed by atoms with Crippen LogP contribution in [0.4, 0.5) is 5.69 Å². The third-order valence-corrected chi connectivity index (χ3v) is 2.11. The van der Waals surface area contributed by atoms with Crippen molar-refractivity contribution in [3.05, 3.63) is 22.7 Å². The molecular formula is C10H12ClNO2. The van der Waals surface area contributed by atoms with Gasteiger partial charge in [0.05, 0.1) is 17.3 Å². The molecule has 0 atom stereocenters. The van der Waals surface area contributed by atoms with E-state index in [1.54, 1.807) is 12.1 Å². The summed E-state index contributed by atoms with van der Waals surface area (Å²) in [6.07, 6.45) is 0. The number of Topliss-reactive ketones (excluding diaryl/α,β-unsaturated/α-hetero) is 1. The summed E-state index contributed by atoms with van der Waals surface area (Å²) in [5, 5.41) is 0.348. The van der Waals surface area contributed by atoms with Crippen LogP contribution in [0.3, 0.4) is 0 Å². The number of halogens is 1. The van der Waals surface area contributed by atoms with Crippen LogP contribution in [0.5, 0.6) is 5.75 Å². The molecular weight excluding hydrogens is 202 g/mol. The highest BCUT2D eigenvalue weighted by atomic mass is 35.5. The molecule has 0 saturated heterocycles. The molecule has 76 valence electrons. The predicted octanol–water partition coefficient (Wildman–Crippen LogP) is 2.52. The molecule has 0 aromatic heterocycles. The van der Waals surface area contributed by atoms with E-state index in [0.29, 0.717) is 28.6 Å². The van der Waals surface area contributed by atoms with Gasteiger partial charge in [-0.05, 0) is 19.9 Å². The van der Waals surface area contributed by atoms with Crippen LogP contribution in [0.2, 0.25) is 5.02 Å². The molecule has 0 aliphatic rings. The van der Waals surface area contributed by atoms with Crippen molar-refractivity contribution in [1.29, 1.82) is 0 Å². The number of carbonyl (C=O) groups excluding carboxylic acids is 1. The Bertz CT molecular complexity index is 363. The quantitative estimate of drug-likeness (QED) is 0.620. The Balaban J connectivity index is 3.21. The number of nitrogen functional groups attached to an aromatic ring is 1. The van der Waals surface area contributed by atoms with Crippen LogP contribution in [-0.2, 0) is 0 Å². The molecule has 0 unspecified atom stereocenters. The van der Waals surface area contributed by atoms with Gasteiger partial charge >= 0.3 is 0 Å². The van der Waals surface area contributed by atoms with Crippen LogP contribution < -0.4 is 10.5 Å². The fraction of sp³-hybridized carbons (Fsp3) is 0.300. The van der Waals surface area contributed by atoms with Gasteiger partial charge in [0, 0.05) is 11.6 Å². The maximum atomic E-state index is 11.2. The molecule has 0 radical (unpaired) electrons. The van der Waals surface area contributed by atoms with E-state index in [2.05, 4.69) is 0 Å². The van der Waals surface area contributed by atoms with E-state index in [1.807, 2.05) is 6.92 Å². The molecule has 0 saturated carbocycles. The van der Waals surface area contributed by atoms with E-state index in [9.17, 15) is 4.79 Å². The number of rotatable bonds is 3. The fourth-order valence-corrected chi connectivity index (χ4v) is 1.34. The summed E-state index contributed by atoms with van der Waals surface area (Å²) in [7, 11) is 0. The minimum absolute atomic E-state index is 0.119. The summed E-state index contributed by atoms with van der Waals surface area (Å²) in [5.41, 5.74) is 6.35. The van der Waals surface area contributed by atoms with Crippen LogP contribution in [0.1, 0.15) is 24.2 Å². The van der Waals surface area contributed by atoms with E-state index >= 15 is 0 Å². The van der Waals surface area contributed by atoms with Gasteiger partial charge in [0.1, 0.15) is 5.75 Å². The van der Waals surface area contributed by atoms with Crippen molar-refractivity contribution in [1.82, 2.24) is 0 Å². The summed E-state index contributed by atoms with van der Waals surface area (Å²) in [6.45, 7) is 3.83. The Morgan fingerprint density at radius 3 is 2.71 bits per heavy atom. The van der Waals surface area contributed by atoms with Crippen molar-refractivity contribution in [3.8, 4) is 5.75 Å². The van der Waals surface area contributed by atoms with E-state index in [-0.39, 0.29) is 5.78 Å². The number of ether oxygens (including phenoxy) is 1. The average Bonchev–Trinajstić information content (AvgIpc) is 2.11. The van der Waals surface area contributed by atoms with Crippen LogP contribution in [0.25, 0.3) is 0 Å². The Morgan fingerprint density at radius 1 is 1.57 bits per heavy atom. The van der Waals surface area contributed by atoms with Gasteiger partial charge in [-0.25, -0.2) is 0 Å². The molecule has 1 aromatic rings. The topological polar surface area (TPSA) is 52.3 Å². The monoisotopic (exact) mass is 213 g/mol. The molecule has 0 aliphatic heterocycles. The highest BCUT2D eigenvalue weighted by molar-refractivity contribution is 6.34. The lowest BCUT2D eigenvalue weighted by molar-refractivity contribution is 0.101. The molecule has 3 nitrogen and oxygen atoms in total. The molecule has 4 heteroatoms. The maximum absolute atomic E-state index is 11.2. The molecule has 2 N–H and O–H groups in total. The van der Waals surface area contributed by atoms with Gasteiger partial charge in [-0.1, -0.05) is 11.6 Å². The van der Waals surface area contributed by atoms with Gasteiger partial charge in [-0.3, -0.25) is 4.79 Å². The lowest BCUT2D eigenvalue weighted by Crippen LogP contribution is -2.02. The second kappa shape index (κ2) is 4.33. The van der Waals surface area contributed by atoms with Crippen LogP contribution in [-0.4, -0.2) is 12.4 Å². The Labute approximate surface area is 87.8 Å². The highest BCUT2D eigenvalue weighted by Gasteiger charge is 2.10. The molecule has 0 heterocycles. The first-order valence-corrected chi connectivity index (χ1v) is 4.66. The maximum Gasteiger partial charge on any atom is 0.162 e. The third kappa shape index (κ3) is 2.17. The summed E-state index contributed by atoms with van der Waals surface area (Å²) in [5.74, 6) is 0.447. The molecule has 0 fully saturated rings. The largest absolute Gasteiger partial charge is 0.494 e. The second-order valence-corrected chi connectivity index (χ2v) is 3.26. The number of benzene rings is 1. The van der Waals surface area contributed by atoms with Crippen molar-refractivity contribution in [2.75, 3.05) is 12.3 Å². The van der Waals surface area contributed by atoms with Crippen molar-refractivity contribution >= 4 is 23.1 Å². The third-order valence-electron chi connectivity index (χ3n) is 1.79. The zero-order valence-corrected chi connectivity index (χ0v) is 8.89. The fourth-order valence-electron chi connectivity index (χ4n) is 1.13. The molecule has 1 rings (SSSR count). The van der Waals surface area contributed by atoms with Crippen molar-refractivity contribution in [2.24, 2.45) is 0 Å². The first-order valence-electron chi connectivity index (χ1n) is 4.29. The smallest absolute Gasteiger partial charge is 0.162 e. The van der Waals surface area contributed by atoms with Crippen LogP contribution in [0.15, 0.2) is 12.1 Å². The average molecular weight is 214 g/mol. The molecule has 0 bridgehead atoms. The first-order chi connectivity index (χ1) is 6.56. The van der Waals surface area contributed by atoms with Gasteiger partial charge in [0.2, 0.25) is 0 Å². The standard InChI is InChI=1S/C10H12ClNO2/c1-3-14-7-4-8(6(2)13)10(12)9(11)5-7/h4-5H,3,12H2,1-2H3. The number of nitrogens with two attached hydrogens (primary N) is 1. The lowest BCUT2D eigenvalue weighted by Gasteiger charge is -2.08. The van der Waals surface area contributed by atoms with Gasteiger partial charge < -0.3 is 10.5 Å². The summed E-state index contributed by atoms with van der Waals surface area (Å²) in [6, 6.07) is 3.21. The number of hydrogen-bond acceptors (Lipinski definition) is 3. The molecule has 0 spiro atoms. The Hall–Kier alpha value is -1.22. The minimum Gasteiger partial charge on any atom is -0.494 e. The number of anilines is 1. The summed E-state index contributed by atoms with van der Waals surface area (Å²) in [4.78, 5) is 11.2. The van der Waals surface area contributed by atoms with Crippen molar-refractivity contribution in [2.45, 2.75) is 13.8 Å². The highest BCUT2D eigenvalue weighted by Crippen LogP contribution is 2.29. The van der Waals surface area contributed by atoms with E-state index in [4.69, 9.17) is 22.1 Å². The number of carbonyl (C=O) groups is 1. The SMILES string of the molecule is CCOc1cc(Cl)c(N)c(C(C)=O)c1. The number of ketones is 1. The van der Waals surface area contributed by atoms with Crippen molar-refractivity contribution < 1.29 is 9.53 Å². The Kier molecular flexibility index (Phi) is 3.36. The zero-order chi connectivity index (χ0) is 10.7. The minimum atomic E-state index is -0.119. The second-order valence-electron chi connectivity index (χ2n) is 2.86. The van der Waals surface area contributed by atoms with Crippen LogP contribution >= 0.6 is 11.6 Å². The van der Waals surface area contributed by atoms with Gasteiger partial charge in [0.15, 0.2) is 5.78 Å². The first kappa shape index (κ1) is 10.9. The molecule has 14 heavy (non-hydrogen) atoms. The van der Waals surface area contributed by atoms with E-state index in [1.165, 1.54) is 6.92 Å². The van der Waals surface area contributed by atoms with Crippen LogP contribution in [0, 0.1) is 0 Å². The van der Waals surface area contributed by atoms with Gasteiger partial charge in [0.25, 0.3) is 0 Å². The number of hydrogen-bond donors (Lipinski definition) is 1. The Morgan fingerprint density at radius 2 is 2.21 bits per heavy atom.